The van der Waals surface area contributed by atoms with Crippen molar-refractivity contribution in [3.8, 4) is 11.5 Å². The molecule has 0 spiro atoms. The Balaban J connectivity index is 2.37. The topological polar surface area (TPSA) is 94.2 Å². The second kappa shape index (κ2) is 7.26. The summed E-state index contributed by atoms with van der Waals surface area (Å²) in [7, 11) is 3.02. The molecule has 1 N–H and O–H groups in total. The summed E-state index contributed by atoms with van der Waals surface area (Å²) in [5.41, 5.74) is 1.32. The third-order valence-electron chi connectivity index (χ3n) is 3.38. The van der Waals surface area contributed by atoms with Gasteiger partial charge in [0.1, 0.15) is 0 Å². The quantitative estimate of drug-likeness (QED) is 0.382. The molecule has 0 bridgehead atoms. The number of nitro benzene ring substituents is 1. The van der Waals surface area contributed by atoms with Gasteiger partial charge in [-0.25, -0.2) is 0 Å². The second-order valence-electron chi connectivity index (χ2n) is 4.68. The van der Waals surface area contributed by atoms with Crippen LogP contribution in [0.2, 0.25) is 0 Å². The van der Waals surface area contributed by atoms with Crippen LogP contribution in [0.1, 0.15) is 11.1 Å². The number of oxime groups is 1. The molecule has 2 rings (SSSR count). The monoisotopic (exact) mass is 316 g/mol. The smallest absolute Gasteiger partial charge is 0.272 e. The average molecular weight is 316 g/mol. The highest BCUT2D eigenvalue weighted by molar-refractivity contribution is 6.02. The molecule has 0 aromatic heterocycles. The number of para-hydroxylation sites is 1. The Morgan fingerprint density at radius 1 is 1.17 bits per heavy atom. The summed E-state index contributed by atoms with van der Waals surface area (Å²) in [5, 5.41) is 23.7. The highest BCUT2D eigenvalue weighted by atomic mass is 16.6. The molecule has 7 nitrogen and oxygen atoms in total. The van der Waals surface area contributed by atoms with Crippen LogP contribution < -0.4 is 9.47 Å². The van der Waals surface area contributed by atoms with Crippen molar-refractivity contribution in [1.29, 1.82) is 0 Å². The molecule has 0 unspecified atom stereocenters. The third-order valence-corrected chi connectivity index (χ3v) is 3.38. The second-order valence-corrected chi connectivity index (χ2v) is 4.68. The molecule has 0 aliphatic rings. The largest absolute Gasteiger partial charge is 0.493 e. The van der Waals surface area contributed by atoms with E-state index in [2.05, 4.69) is 5.16 Å². The van der Waals surface area contributed by atoms with E-state index in [1.807, 2.05) is 0 Å². The lowest BCUT2D eigenvalue weighted by Gasteiger charge is -2.10. The Bertz CT molecular complexity index is 743. The molecular formula is C16H16N2O5. The summed E-state index contributed by atoms with van der Waals surface area (Å²) in [6, 6.07) is 11.4. The van der Waals surface area contributed by atoms with Crippen molar-refractivity contribution in [3.05, 3.63) is 63.7 Å². The predicted molar refractivity (Wildman–Crippen MR) is 84.7 cm³/mol. The van der Waals surface area contributed by atoms with Crippen LogP contribution in [0.3, 0.4) is 0 Å². The molecule has 0 heterocycles. The molecule has 0 saturated carbocycles. The summed E-state index contributed by atoms with van der Waals surface area (Å²) in [5.74, 6) is 1.02. The van der Waals surface area contributed by atoms with Gasteiger partial charge in [-0.15, -0.1) is 0 Å². The van der Waals surface area contributed by atoms with Gasteiger partial charge in [-0.1, -0.05) is 23.4 Å². The molecule has 2 aromatic carbocycles. The lowest BCUT2D eigenvalue weighted by Crippen LogP contribution is -2.08. The van der Waals surface area contributed by atoms with Crippen LogP contribution in [-0.2, 0) is 6.42 Å². The van der Waals surface area contributed by atoms with Gasteiger partial charge in [0.2, 0.25) is 0 Å². The van der Waals surface area contributed by atoms with Crippen molar-refractivity contribution >= 4 is 11.4 Å². The first kappa shape index (κ1) is 16.3. The molecule has 0 atom stereocenters. The molecule has 0 saturated heterocycles. The molecule has 23 heavy (non-hydrogen) atoms. The molecule has 0 fully saturated rings. The first-order valence-electron chi connectivity index (χ1n) is 6.76. The maximum atomic E-state index is 11.1. The minimum absolute atomic E-state index is 0.0193. The maximum absolute atomic E-state index is 11.1. The molecule has 0 amide bonds. The van der Waals surface area contributed by atoms with Gasteiger partial charge < -0.3 is 14.7 Å². The first-order chi connectivity index (χ1) is 11.1. The molecule has 7 heteroatoms. The van der Waals surface area contributed by atoms with Gasteiger partial charge in [0.25, 0.3) is 5.69 Å². The van der Waals surface area contributed by atoms with Crippen molar-refractivity contribution < 1.29 is 19.6 Å². The standard InChI is InChI=1S/C16H16N2O5/c1-22-15-8-7-11(10-16(15)23-2)13(17-19)9-12-5-3-4-6-14(12)18(20)21/h3-8,10,19H,9H2,1-2H3/b17-13+. The van der Waals surface area contributed by atoms with E-state index in [1.165, 1.54) is 20.3 Å². The Morgan fingerprint density at radius 2 is 1.87 bits per heavy atom. The Kier molecular flexibility index (Phi) is 5.14. The summed E-state index contributed by atoms with van der Waals surface area (Å²) in [6.45, 7) is 0. The van der Waals surface area contributed by atoms with Gasteiger partial charge in [0, 0.05) is 23.6 Å². The third kappa shape index (κ3) is 3.57. The highest BCUT2D eigenvalue weighted by Crippen LogP contribution is 2.29. The lowest BCUT2D eigenvalue weighted by atomic mass is 10.0. The van der Waals surface area contributed by atoms with Gasteiger partial charge in [-0.3, -0.25) is 10.1 Å². The zero-order chi connectivity index (χ0) is 16.8. The van der Waals surface area contributed by atoms with Gasteiger partial charge in [-0.05, 0) is 18.2 Å². The number of benzene rings is 2. The molecular weight excluding hydrogens is 300 g/mol. The van der Waals surface area contributed by atoms with Crippen LogP contribution >= 0.6 is 0 Å². The predicted octanol–water partition coefficient (Wildman–Crippen LogP) is 3.03. The van der Waals surface area contributed by atoms with E-state index in [4.69, 9.17) is 9.47 Å². The summed E-state index contributed by atoms with van der Waals surface area (Å²) in [4.78, 5) is 10.6. The SMILES string of the molecule is COc1ccc(/C(Cc2ccccc2[N+](=O)[O-])=N/O)cc1OC. The first-order valence-corrected chi connectivity index (χ1v) is 6.76. The van der Waals surface area contributed by atoms with E-state index in [1.54, 1.807) is 36.4 Å². The lowest BCUT2D eigenvalue weighted by molar-refractivity contribution is -0.385. The van der Waals surface area contributed by atoms with Crippen LogP contribution in [0, 0.1) is 10.1 Å². The summed E-state index contributed by atoms with van der Waals surface area (Å²) < 4.78 is 10.4. The van der Waals surface area contributed by atoms with E-state index < -0.39 is 4.92 Å². The van der Waals surface area contributed by atoms with Gasteiger partial charge in [-0.2, -0.15) is 0 Å². The number of nitro groups is 1. The number of nitrogens with zero attached hydrogens (tertiary/aromatic N) is 2. The van der Waals surface area contributed by atoms with Crippen LogP contribution in [0.4, 0.5) is 5.69 Å². The fraction of sp³-hybridized carbons (Fsp3) is 0.188. The van der Waals surface area contributed by atoms with Gasteiger partial charge >= 0.3 is 0 Å². The Hall–Kier alpha value is -3.09. The summed E-state index contributed by atoms with van der Waals surface area (Å²) >= 11 is 0. The van der Waals surface area contributed by atoms with Crippen molar-refractivity contribution in [3.63, 3.8) is 0 Å². The van der Waals surface area contributed by atoms with Gasteiger partial charge in [0.15, 0.2) is 11.5 Å². The molecule has 0 radical (unpaired) electrons. The number of methoxy groups -OCH3 is 2. The number of ether oxygens (including phenoxy) is 2. The zero-order valence-electron chi connectivity index (χ0n) is 12.7. The minimum atomic E-state index is -0.459. The van der Waals surface area contributed by atoms with Gasteiger partial charge in [0.05, 0.1) is 24.9 Å². The van der Waals surface area contributed by atoms with Crippen molar-refractivity contribution in [2.75, 3.05) is 14.2 Å². The zero-order valence-corrected chi connectivity index (χ0v) is 12.7. The Morgan fingerprint density at radius 3 is 2.48 bits per heavy atom. The fourth-order valence-electron chi connectivity index (χ4n) is 2.23. The number of hydrogen-bond acceptors (Lipinski definition) is 6. The maximum Gasteiger partial charge on any atom is 0.272 e. The van der Waals surface area contributed by atoms with Crippen LogP contribution in [-0.4, -0.2) is 30.1 Å². The van der Waals surface area contributed by atoms with Crippen molar-refractivity contribution in [1.82, 2.24) is 0 Å². The number of rotatable bonds is 6. The van der Waals surface area contributed by atoms with Crippen molar-refractivity contribution in [2.24, 2.45) is 5.16 Å². The molecule has 0 aliphatic heterocycles. The summed E-state index contributed by atoms with van der Waals surface area (Å²) in [6.07, 6.45) is 0.114. The van der Waals surface area contributed by atoms with Crippen LogP contribution in [0.25, 0.3) is 0 Å². The molecule has 120 valence electrons. The Labute approximate surface area is 132 Å². The normalized spacial score (nSPS) is 11.1. The average Bonchev–Trinajstić information content (AvgIpc) is 2.59. The van der Waals surface area contributed by atoms with E-state index >= 15 is 0 Å². The van der Waals surface area contributed by atoms with Crippen LogP contribution in [0.5, 0.6) is 11.5 Å². The van der Waals surface area contributed by atoms with E-state index in [0.717, 1.165) is 0 Å². The number of hydrogen-bond donors (Lipinski definition) is 1. The highest BCUT2D eigenvalue weighted by Gasteiger charge is 2.17. The van der Waals surface area contributed by atoms with E-state index in [9.17, 15) is 15.3 Å². The van der Waals surface area contributed by atoms with Crippen molar-refractivity contribution in [2.45, 2.75) is 6.42 Å². The van der Waals surface area contributed by atoms with E-state index in [0.29, 0.717) is 28.3 Å². The molecule has 0 aliphatic carbocycles. The fourth-order valence-corrected chi connectivity index (χ4v) is 2.23. The van der Waals surface area contributed by atoms with E-state index in [-0.39, 0.29) is 12.1 Å². The van der Waals surface area contributed by atoms with Crippen LogP contribution in [0.15, 0.2) is 47.6 Å². The minimum Gasteiger partial charge on any atom is -0.493 e. The molecule has 2 aromatic rings.